The minimum Gasteiger partial charge on any atom is -0.465 e. The molecule has 0 aliphatic heterocycles. The molecule has 1 fully saturated rings. The number of pyridine rings is 1. The predicted octanol–water partition coefficient (Wildman–Crippen LogP) is 2.75. The number of anilines is 4. The lowest BCUT2D eigenvalue weighted by molar-refractivity contribution is 0.0601. The number of nitrogen functional groups attached to an aromatic ring is 1. The first-order valence-corrected chi connectivity index (χ1v) is 9.69. The van der Waals surface area contributed by atoms with Crippen molar-refractivity contribution in [3.63, 3.8) is 0 Å². The van der Waals surface area contributed by atoms with Gasteiger partial charge in [-0.15, -0.1) is 0 Å². The Hall–Kier alpha value is -3.64. The maximum Gasteiger partial charge on any atom is 0.343 e. The Morgan fingerprint density at radius 1 is 1.37 bits per heavy atom. The first-order chi connectivity index (χ1) is 14.5. The highest BCUT2D eigenvalue weighted by Gasteiger charge is 2.25. The largest absolute Gasteiger partial charge is 0.465 e. The summed E-state index contributed by atoms with van der Waals surface area (Å²) in [6, 6.07) is 8.64. The number of carbonyl (C=O) groups excluding carboxylic acids is 1. The van der Waals surface area contributed by atoms with Crippen molar-refractivity contribution in [3.8, 4) is 6.07 Å². The Labute approximate surface area is 174 Å². The summed E-state index contributed by atoms with van der Waals surface area (Å²) in [5, 5.41) is 23.4. The third-order valence-electron chi connectivity index (χ3n) is 5.19. The maximum absolute atomic E-state index is 12.4. The number of nitriles is 1. The normalized spacial score (nSPS) is 18.2. The molecular formula is C21H25N7O2. The topological polar surface area (TPSA) is 163 Å². The molecule has 1 heterocycles. The van der Waals surface area contributed by atoms with Crippen LogP contribution in [0.5, 0.6) is 0 Å². The summed E-state index contributed by atoms with van der Waals surface area (Å²) in [5.74, 6) is -0.0468. The Bertz CT molecular complexity index is 1000. The minimum absolute atomic E-state index is 0.00348. The zero-order chi connectivity index (χ0) is 21.7. The highest BCUT2D eigenvalue weighted by molar-refractivity contribution is 5.99. The molecule has 1 aromatic carbocycles. The second kappa shape index (κ2) is 9.24. The van der Waals surface area contributed by atoms with Crippen molar-refractivity contribution in [1.29, 1.82) is 10.7 Å². The molecule has 2 atom stereocenters. The summed E-state index contributed by atoms with van der Waals surface area (Å²) in [5.41, 5.74) is 13.9. The summed E-state index contributed by atoms with van der Waals surface area (Å²) in [4.78, 5) is 16.9. The molecule has 3 rings (SSSR count). The molecule has 30 heavy (non-hydrogen) atoms. The maximum atomic E-state index is 12.4. The molecule has 1 aliphatic carbocycles. The number of esters is 1. The van der Waals surface area contributed by atoms with Gasteiger partial charge in [-0.1, -0.05) is 12.8 Å². The molecule has 0 radical (unpaired) electrons. The van der Waals surface area contributed by atoms with Crippen molar-refractivity contribution in [3.05, 3.63) is 41.0 Å². The van der Waals surface area contributed by atoms with Gasteiger partial charge in [-0.2, -0.15) is 5.26 Å². The average molecular weight is 407 g/mol. The molecule has 1 aliphatic rings. The summed E-state index contributed by atoms with van der Waals surface area (Å²) in [7, 11) is 1.25. The fourth-order valence-corrected chi connectivity index (χ4v) is 3.56. The van der Waals surface area contributed by atoms with Gasteiger partial charge in [0.25, 0.3) is 0 Å². The zero-order valence-electron chi connectivity index (χ0n) is 16.7. The fourth-order valence-electron chi connectivity index (χ4n) is 3.56. The molecule has 1 saturated carbocycles. The molecule has 0 bridgehead atoms. The van der Waals surface area contributed by atoms with E-state index >= 15 is 0 Å². The van der Waals surface area contributed by atoms with Crippen LogP contribution in [-0.2, 0) is 4.74 Å². The lowest BCUT2D eigenvalue weighted by atomic mass is 9.91. The molecule has 2 aromatic rings. The highest BCUT2D eigenvalue weighted by atomic mass is 16.5. The van der Waals surface area contributed by atoms with E-state index in [0.717, 1.165) is 31.9 Å². The van der Waals surface area contributed by atoms with Crippen LogP contribution >= 0.6 is 0 Å². The first-order valence-electron chi connectivity index (χ1n) is 9.69. The monoisotopic (exact) mass is 407 g/mol. The second-order valence-corrected chi connectivity index (χ2v) is 7.19. The SMILES string of the molecule is COC(=O)c1c(C#N)cc(NC2CCCCC2N)nc1Nc1ccc(C=N)c(N)c1. The highest BCUT2D eigenvalue weighted by Crippen LogP contribution is 2.28. The van der Waals surface area contributed by atoms with E-state index in [9.17, 15) is 10.1 Å². The molecule has 9 nitrogen and oxygen atoms in total. The molecule has 2 unspecified atom stereocenters. The van der Waals surface area contributed by atoms with Crippen molar-refractivity contribution >= 4 is 35.2 Å². The van der Waals surface area contributed by atoms with Crippen molar-refractivity contribution in [2.24, 2.45) is 5.73 Å². The van der Waals surface area contributed by atoms with Crippen LogP contribution < -0.4 is 22.1 Å². The Balaban J connectivity index is 2.01. The number of hydrogen-bond donors (Lipinski definition) is 5. The van der Waals surface area contributed by atoms with E-state index in [4.69, 9.17) is 21.6 Å². The van der Waals surface area contributed by atoms with Gasteiger partial charge in [-0.25, -0.2) is 9.78 Å². The number of hydrogen-bond acceptors (Lipinski definition) is 9. The summed E-state index contributed by atoms with van der Waals surface area (Å²) < 4.78 is 4.86. The van der Waals surface area contributed by atoms with Crippen molar-refractivity contribution in [1.82, 2.24) is 4.98 Å². The molecule has 0 saturated heterocycles. The number of rotatable bonds is 6. The number of nitrogens with zero attached hydrogens (tertiary/aromatic N) is 2. The van der Waals surface area contributed by atoms with Crippen molar-refractivity contribution in [2.45, 2.75) is 37.8 Å². The Kier molecular flexibility index (Phi) is 6.49. The summed E-state index contributed by atoms with van der Waals surface area (Å²) >= 11 is 0. The number of ether oxygens (including phenoxy) is 1. The molecule has 1 aromatic heterocycles. The van der Waals surface area contributed by atoms with Crippen molar-refractivity contribution < 1.29 is 9.53 Å². The third kappa shape index (κ3) is 4.50. The number of benzene rings is 1. The lowest BCUT2D eigenvalue weighted by Crippen LogP contribution is -2.42. The Morgan fingerprint density at radius 2 is 2.13 bits per heavy atom. The van der Waals surface area contributed by atoms with Crippen LogP contribution in [0.3, 0.4) is 0 Å². The van der Waals surface area contributed by atoms with Crippen LogP contribution in [0.15, 0.2) is 24.3 Å². The molecule has 0 amide bonds. The van der Waals surface area contributed by atoms with E-state index < -0.39 is 5.97 Å². The van der Waals surface area contributed by atoms with Gasteiger partial charge in [0.1, 0.15) is 23.3 Å². The zero-order valence-corrected chi connectivity index (χ0v) is 16.7. The van der Waals surface area contributed by atoms with Gasteiger partial charge in [0.2, 0.25) is 0 Å². The first kappa shape index (κ1) is 21.1. The number of nitrogens with two attached hydrogens (primary N) is 2. The van der Waals surface area contributed by atoms with Crippen LogP contribution in [0, 0.1) is 16.7 Å². The number of carbonyl (C=O) groups is 1. The number of methoxy groups -OCH3 is 1. The van der Waals surface area contributed by atoms with E-state index in [-0.39, 0.29) is 29.0 Å². The van der Waals surface area contributed by atoms with Crippen LogP contribution in [-0.4, -0.2) is 36.4 Å². The van der Waals surface area contributed by atoms with Gasteiger partial charge >= 0.3 is 5.97 Å². The second-order valence-electron chi connectivity index (χ2n) is 7.19. The standard InChI is InChI=1S/C21H25N7O2/c1-30-21(29)19-13(11-23)8-18(27-17-5-3-2-4-15(17)24)28-20(19)26-14-7-6-12(10-22)16(25)9-14/h6-10,15,17,22H,2-5,24-25H2,1H3,(H2,26,27,28). The van der Waals surface area contributed by atoms with E-state index in [1.165, 1.54) is 13.2 Å². The minimum atomic E-state index is -0.674. The van der Waals surface area contributed by atoms with E-state index in [1.807, 2.05) is 6.07 Å². The number of aromatic nitrogens is 1. The van der Waals surface area contributed by atoms with Crippen molar-refractivity contribution in [2.75, 3.05) is 23.5 Å². The summed E-state index contributed by atoms with van der Waals surface area (Å²) in [6.45, 7) is 0. The third-order valence-corrected chi connectivity index (χ3v) is 5.19. The summed E-state index contributed by atoms with van der Waals surface area (Å²) in [6.07, 6.45) is 5.15. The quantitative estimate of drug-likeness (QED) is 0.277. The van der Waals surface area contributed by atoms with Crippen LogP contribution in [0.25, 0.3) is 0 Å². The Morgan fingerprint density at radius 3 is 2.77 bits per heavy atom. The van der Waals surface area contributed by atoms with Crippen LogP contribution in [0.2, 0.25) is 0 Å². The van der Waals surface area contributed by atoms with E-state index in [0.29, 0.717) is 22.8 Å². The molecule has 7 N–H and O–H groups in total. The van der Waals surface area contributed by atoms with Gasteiger partial charge < -0.3 is 32.2 Å². The van der Waals surface area contributed by atoms with Gasteiger partial charge in [0.05, 0.1) is 12.7 Å². The fraction of sp³-hybridized carbons (Fsp3) is 0.333. The van der Waals surface area contributed by atoms with Gasteiger partial charge in [0.15, 0.2) is 0 Å². The lowest BCUT2D eigenvalue weighted by Gasteiger charge is -2.30. The smallest absolute Gasteiger partial charge is 0.343 e. The van der Waals surface area contributed by atoms with Crippen LogP contribution in [0.4, 0.5) is 23.0 Å². The predicted molar refractivity (Wildman–Crippen MR) is 116 cm³/mol. The number of nitrogens with one attached hydrogen (secondary N) is 3. The van der Waals surface area contributed by atoms with Gasteiger partial charge in [-0.05, 0) is 37.1 Å². The molecular weight excluding hydrogens is 382 g/mol. The molecule has 156 valence electrons. The van der Waals surface area contributed by atoms with Gasteiger partial charge in [0, 0.05) is 35.2 Å². The van der Waals surface area contributed by atoms with E-state index in [1.54, 1.807) is 18.2 Å². The van der Waals surface area contributed by atoms with E-state index in [2.05, 4.69) is 15.6 Å². The van der Waals surface area contributed by atoms with Crippen LogP contribution in [0.1, 0.15) is 47.2 Å². The molecule has 0 spiro atoms. The van der Waals surface area contributed by atoms with Gasteiger partial charge in [-0.3, -0.25) is 0 Å². The average Bonchev–Trinajstić information content (AvgIpc) is 2.74. The molecule has 9 heteroatoms.